The average molecular weight is 345 g/mol. The number of anilines is 2. The Labute approximate surface area is 150 Å². The van der Waals surface area contributed by atoms with Gasteiger partial charge in [-0.25, -0.2) is 4.98 Å². The maximum absolute atomic E-state index is 5.78. The van der Waals surface area contributed by atoms with Gasteiger partial charge in [-0.1, -0.05) is 18.2 Å². The lowest BCUT2D eigenvalue weighted by molar-refractivity contribution is 0.491. The zero-order valence-corrected chi connectivity index (χ0v) is 14.2. The third-order valence-corrected chi connectivity index (χ3v) is 4.78. The minimum absolute atomic E-state index is 0.450. The van der Waals surface area contributed by atoms with Crippen molar-refractivity contribution in [2.75, 3.05) is 18.4 Å². The molecule has 0 spiro atoms. The van der Waals surface area contributed by atoms with Crippen molar-refractivity contribution in [2.45, 2.75) is 12.5 Å². The van der Waals surface area contributed by atoms with Gasteiger partial charge in [-0.15, -0.1) is 0 Å². The van der Waals surface area contributed by atoms with Crippen molar-refractivity contribution in [3.8, 4) is 11.1 Å². The van der Waals surface area contributed by atoms with Gasteiger partial charge >= 0.3 is 0 Å². The maximum Gasteiger partial charge on any atom is 0.199 e. The molecule has 1 aliphatic rings. The molecule has 0 radical (unpaired) electrons. The summed E-state index contributed by atoms with van der Waals surface area (Å²) in [5.74, 6) is 1.44. The molecule has 1 atom stereocenters. The van der Waals surface area contributed by atoms with E-state index in [0.717, 1.165) is 47.4 Å². The maximum atomic E-state index is 5.78. The van der Waals surface area contributed by atoms with Gasteiger partial charge in [0.1, 0.15) is 11.4 Å². The molecule has 3 aromatic heterocycles. The molecule has 26 heavy (non-hydrogen) atoms. The van der Waals surface area contributed by atoms with Gasteiger partial charge in [-0.2, -0.15) is 5.10 Å². The number of aromatic nitrogens is 3. The highest BCUT2D eigenvalue weighted by Crippen LogP contribution is 2.26. The molecule has 1 aliphatic heterocycles. The fraction of sp³-hybridized carbons (Fsp3) is 0.200. The Balaban J connectivity index is 1.33. The first-order valence-electron chi connectivity index (χ1n) is 8.82. The second kappa shape index (κ2) is 6.31. The Morgan fingerprint density at radius 2 is 2.08 bits per heavy atom. The minimum Gasteiger partial charge on any atom is -0.440 e. The van der Waals surface area contributed by atoms with Crippen molar-refractivity contribution in [3.63, 3.8) is 0 Å². The number of hydrogen-bond acceptors (Lipinski definition) is 5. The van der Waals surface area contributed by atoms with Crippen LogP contribution in [-0.4, -0.2) is 27.9 Å². The predicted molar refractivity (Wildman–Crippen MR) is 101 cm³/mol. The molecule has 130 valence electrons. The van der Waals surface area contributed by atoms with E-state index >= 15 is 0 Å². The van der Waals surface area contributed by atoms with Crippen molar-refractivity contribution in [1.29, 1.82) is 0 Å². The first kappa shape index (κ1) is 15.2. The molecule has 4 heterocycles. The van der Waals surface area contributed by atoms with E-state index in [2.05, 4.69) is 31.6 Å². The third-order valence-electron chi connectivity index (χ3n) is 4.78. The lowest BCUT2D eigenvalue weighted by Crippen LogP contribution is -2.13. The summed E-state index contributed by atoms with van der Waals surface area (Å²) in [6.45, 7) is 2.04. The van der Waals surface area contributed by atoms with Gasteiger partial charge in [0, 0.05) is 41.5 Å². The molecule has 4 aromatic rings. The Kier molecular flexibility index (Phi) is 3.68. The van der Waals surface area contributed by atoms with Gasteiger partial charge < -0.3 is 15.1 Å². The van der Waals surface area contributed by atoms with E-state index in [9.17, 15) is 0 Å². The summed E-state index contributed by atoms with van der Waals surface area (Å²) < 4.78 is 7.83. The molecule has 0 bridgehead atoms. The molecule has 5 rings (SSSR count). The van der Waals surface area contributed by atoms with E-state index in [1.165, 1.54) is 0 Å². The Morgan fingerprint density at radius 3 is 2.88 bits per heavy atom. The molecule has 0 aliphatic carbocycles. The van der Waals surface area contributed by atoms with Crippen LogP contribution in [0.4, 0.5) is 11.7 Å². The first-order chi connectivity index (χ1) is 12.8. The summed E-state index contributed by atoms with van der Waals surface area (Å²) in [5, 5.41) is 12.2. The molecular weight excluding hydrogens is 326 g/mol. The number of benzene rings is 1. The van der Waals surface area contributed by atoms with Gasteiger partial charge in [-0.3, -0.25) is 4.68 Å². The minimum atomic E-state index is 0.450. The van der Waals surface area contributed by atoms with E-state index in [0.29, 0.717) is 11.9 Å². The number of furan rings is 1. The van der Waals surface area contributed by atoms with Crippen molar-refractivity contribution in [2.24, 2.45) is 0 Å². The van der Waals surface area contributed by atoms with Crippen LogP contribution in [0.3, 0.4) is 0 Å². The van der Waals surface area contributed by atoms with E-state index in [4.69, 9.17) is 4.42 Å². The molecule has 1 aromatic carbocycles. The Hall–Kier alpha value is -3.12. The van der Waals surface area contributed by atoms with Crippen LogP contribution >= 0.6 is 0 Å². The smallest absolute Gasteiger partial charge is 0.199 e. The van der Waals surface area contributed by atoms with Crippen LogP contribution < -0.4 is 10.6 Å². The molecule has 0 unspecified atom stereocenters. The highest BCUT2D eigenvalue weighted by Gasteiger charge is 2.17. The van der Waals surface area contributed by atoms with Crippen LogP contribution in [0.15, 0.2) is 65.5 Å². The number of rotatable bonds is 4. The molecule has 6 nitrogen and oxygen atoms in total. The highest BCUT2D eigenvalue weighted by atomic mass is 16.3. The van der Waals surface area contributed by atoms with Crippen LogP contribution in [0, 0.1) is 0 Å². The van der Waals surface area contributed by atoms with Crippen LogP contribution in [0.2, 0.25) is 0 Å². The summed E-state index contributed by atoms with van der Waals surface area (Å²) in [6.07, 6.45) is 6.99. The summed E-state index contributed by atoms with van der Waals surface area (Å²) in [6, 6.07) is 14.4. The Morgan fingerprint density at radius 1 is 1.12 bits per heavy atom. The van der Waals surface area contributed by atoms with E-state index < -0.39 is 0 Å². The topological polar surface area (TPSA) is 67.9 Å². The monoisotopic (exact) mass is 345 g/mol. The Bertz CT molecular complexity index is 995. The average Bonchev–Trinajstić information content (AvgIpc) is 3.41. The van der Waals surface area contributed by atoms with Crippen molar-refractivity contribution < 1.29 is 4.42 Å². The van der Waals surface area contributed by atoms with Crippen molar-refractivity contribution in [3.05, 3.63) is 61.1 Å². The zero-order valence-electron chi connectivity index (χ0n) is 14.2. The van der Waals surface area contributed by atoms with Gasteiger partial charge in [0.05, 0.1) is 12.2 Å². The van der Waals surface area contributed by atoms with Crippen molar-refractivity contribution in [1.82, 2.24) is 20.1 Å². The standard InChI is InChI=1S/C20H19N5O/c1-2-4-18-14(3-1)9-20(26-18)24-19-6-5-15(10-22-19)16-11-23-25(13-16)17-7-8-21-12-17/h1-6,9-11,13,17,21H,7-8,12H2,(H,22,24)/t17-/m0/s1. The number of pyridine rings is 1. The zero-order chi connectivity index (χ0) is 17.3. The summed E-state index contributed by atoms with van der Waals surface area (Å²) in [5.41, 5.74) is 3.00. The molecule has 0 saturated carbocycles. The molecule has 1 fully saturated rings. The lowest BCUT2D eigenvalue weighted by atomic mass is 10.1. The SMILES string of the molecule is c1ccc2oc(Nc3ccc(-c4cnn([C@H]5CCNC5)c4)cn3)cc2c1. The molecule has 6 heteroatoms. The first-order valence-corrected chi connectivity index (χ1v) is 8.82. The van der Waals surface area contributed by atoms with Crippen LogP contribution in [0.25, 0.3) is 22.1 Å². The largest absolute Gasteiger partial charge is 0.440 e. The number of nitrogens with zero attached hydrogens (tertiary/aromatic N) is 3. The normalized spacial score (nSPS) is 17.0. The van der Waals surface area contributed by atoms with Crippen LogP contribution in [-0.2, 0) is 0 Å². The lowest BCUT2D eigenvalue weighted by Gasteiger charge is -2.07. The number of hydrogen-bond donors (Lipinski definition) is 2. The van der Waals surface area contributed by atoms with Gasteiger partial charge in [0.25, 0.3) is 0 Å². The predicted octanol–water partition coefficient (Wildman–Crippen LogP) is 3.97. The summed E-state index contributed by atoms with van der Waals surface area (Å²) in [7, 11) is 0. The van der Waals surface area contributed by atoms with Gasteiger partial charge in [0.2, 0.25) is 0 Å². The van der Waals surface area contributed by atoms with Crippen LogP contribution in [0.5, 0.6) is 0 Å². The summed E-state index contributed by atoms with van der Waals surface area (Å²) >= 11 is 0. The van der Waals surface area contributed by atoms with Crippen LogP contribution in [0.1, 0.15) is 12.5 Å². The molecule has 0 amide bonds. The van der Waals surface area contributed by atoms with Gasteiger partial charge in [0.15, 0.2) is 5.88 Å². The molecule has 2 N–H and O–H groups in total. The van der Waals surface area contributed by atoms with E-state index in [1.807, 2.05) is 54.9 Å². The third kappa shape index (κ3) is 2.84. The molecular formula is C20H19N5O. The second-order valence-corrected chi connectivity index (χ2v) is 6.56. The van der Waals surface area contributed by atoms with E-state index in [1.54, 1.807) is 0 Å². The highest BCUT2D eigenvalue weighted by molar-refractivity contribution is 5.81. The number of nitrogens with one attached hydrogen (secondary N) is 2. The number of para-hydroxylation sites is 1. The van der Waals surface area contributed by atoms with E-state index in [-0.39, 0.29) is 0 Å². The quantitative estimate of drug-likeness (QED) is 0.586. The number of fused-ring (bicyclic) bond motifs is 1. The second-order valence-electron chi connectivity index (χ2n) is 6.56. The fourth-order valence-electron chi connectivity index (χ4n) is 3.36. The summed E-state index contributed by atoms with van der Waals surface area (Å²) in [4.78, 5) is 4.51. The van der Waals surface area contributed by atoms with Crippen molar-refractivity contribution >= 4 is 22.7 Å². The van der Waals surface area contributed by atoms with Gasteiger partial charge in [-0.05, 0) is 31.2 Å². The fourth-order valence-corrected chi connectivity index (χ4v) is 3.36. The molecule has 1 saturated heterocycles.